The first-order chi connectivity index (χ1) is 13.3. The van der Waals surface area contributed by atoms with Gasteiger partial charge in [-0.2, -0.15) is 0 Å². The van der Waals surface area contributed by atoms with Crippen molar-refractivity contribution in [2.45, 2.75) is 57.8 Å². The van der Waals surface area contributed by atoms with E-state index in [9.17, 15) is 9.59 Å². The second kappa shape index (κ2) is 6.95. The summed E-state index contributed by atoms with van der Waals surface area (Å²) in [6, 6.07) is 3.92. The van der Waals surface area contributed by atoms with E-state index >= 15 is 0 Å². The normalized spacial score (nSPS) is 24.1. The smallest absolute Gasteiger partial charge is 0.410 e. The maximum atomic E-state index is 12.6. The molecule has 7 nitrogen and oxygen atoms in total. The van der Waals surface area contributed by atoms with E-state index in [-0.39, 0.29) is 30.6 Å². The van der Waals surface area contributed by atoms with Gasteiger partial charge in [-0.15, -0.1) is 0 Å². The van der Waals surface area contributed by atoms with Crippen LogP contribution < -0.4 is 9.47 Å². The van der Waals surface area contributed by atoms with Gasteiger partial charge < -0.3 is 14.2 Å². The lowest BCUT2D eigenvalue weighted by atomic mass is 10.0. The lowest BCUT2D eigenvalue weighted by Crippen LogP contribution is -2.56. The summed E-state index contributed by atoms with van der Waals surface area (Å²) in [7, 11) is 1.63. The quantitative estimate of drug-likeness (QED) is 0.793. The van der Waals surface area contributed by atoms with Crippen molar-refractivity contribution in [3.63, 3.8) is 0 Å². The number of carbonyl (C=O) groups is 2. The van der Waals surface area contributed by atoms with Crippen molar-refractivity contribution >= 4 is 11.9 Å². The summed E-state index contributed by atoms with van der Waals surface area (Å²) >= 11 is 0. The van der Waals surface area contributed by atoms with Crippen LogP contribution in [0.5, 0.6) is 11.5 Å². The Morgan fingerprint density at radius 1 is 1.21 bits per heavy atom. The number of hydrogen-bond acceptors (Lipinski definition) is 6. The maximum absolute atomic E-state index is 12.6. The first-order valence-corrected chi connectivity index (χ1v) is 9.86. The molecule has 2 fully saturated rings. The van der Waals surface area contributed by atoms with E-state index in [0.717, 1.165) is 37.2 Å². The third kappa shape index (κ3) is 3.43. The van der Waals surface area contributed by atoms with Gasteiger partial charge in [0.25, 0.3) is 0 Å². The fourth-order valence-corrected chi connectivity index (χ4v) is 4.51. The second-order valence-corrected chi connectivity index (χ2v) is 8.80. The highest BCUT2D eigenvalue weighted by atomic mass is 16.6. The summed E-state index contributed by atoms with van der Waals surface area (Å²) < 4.78 is 16.8. The van der Waals surface area contributed by atoms with Crippen molar-refractivity contribution in [2.75, 3.05) is 26.8 Å². The molecule has 3 aliphatic heterocycles. The molecule has 3 aliphatic rings. The summed E-state index contributed by atoms with van der Waals surface area (Å²) in [6.07, 6.45) is 1.76. The molecular weight excluding hydrogens is 360 g/mol. The molecule has 1 aromatic rings. The number of rotatable bonds is 3. The Hall–Kier alpha value is -2.28. The van der Waals surface area contributed by atoms with Gasteiger partial charge in [0, 0.05) is 31.7 Å². The number of methoxy groups -OCH3 is 1. The second-order valence-electron chi connectivity index (χ2n) is 8.80. The van der Waals surface area contributed by atoms with E-state index in [1.54, 1.807) is 13.2 Å². The van der Waals surface area contributed by atoms with Crippen LogP contribution in [0, 0.1) is 0 Å². The minimum absolute atomic E-state index is 0.00807. The highest BCUT2D eigenvalue weighted by molar-refractivity contribution is 6.03. The van der Waals surface area contributed by atoms with Crippen molar-refractivity contribution in [2.24, 2.45) is 0 Å². The fourth-order valence-electron chi connectivity index (χ4n) is 4.51. The zero-order chi connectivity index (χ0) is 20.1. The number of ketones is 1. The SMILES string of the molecule is COc1ccc2c(c1CN1CC3CCC(C1)N3C(=O)OC(C)(C)C)OCC2=O. The van der Waals surface area contributed by atoms with Crippen LogP contribution in [-0.4, -0.2) is 66.2 Å². The van der Waals surface area contributed by atoms with Crippen molar-refractivity contribution in [3.8, 4) is 11.5 Å². The summed E-state index contributed by atoms with van der Waals surface area (Å²) in [5.74, 6) is 1.38. The van der Waals surface area contributed by atoms with Gasteiger partial charge in [-0.25, -0.2) is 4.79 Å². The zero-order valence-electron chi connectivity index (χ0n) is 17.0. The van der Waals surface area contributed by atoms with Crippen molar-refractivity contribution in [1.82, 2.24) is 9.80 Å². The zero-order valence-corrected chi connectivity index (χ0v) is 17.0. The average molecular weight is 388 g/mol. The third-order valence-electron chi connectivity index (χ3n) is 5.63. The Bertz CT molecular complexity index is 787. The van der Waals surface area contributed by atoms with Crippen LogP contribution in [0.1, 0.15) is 49.5 Å². The summed E-state index contributed by atoms with van der Waals surface area (Å²) in [4.78, 5) is 28.9. The number of fused-ring (bicyclic) bond motifs is 3. The lowest BCUT2D eigenvalue weighted by Gasteiger charge is -2.41. The Morgan fingerprint density at radius 3 is 2.50 bits per heavy atom. The molecule has 1 aromatic carbocycles. The van der Waals surface area contributed by atoms with Gasteiger partial charge in [-0.05, 0) is 45.7 Å². The molecule has 0 aromatic heterocycles. The average Bonchev–Trinajstić information content (AvgIpc) is 3.12. The van der Waals surface area contributed by atoms with Crippen LogP contribution in [0.25, 0.3) is 0 Å². The number of carbonyl (C=O) groups excluding carboxylic acids is 2. The van der Waals surface area contributed by atoms with Gasteiger partial charge in [0.05, 0.1) is 18.2 Å². The van der Waals surface area contributed by atoms with Crippen molar-refractivity contribution in [1.29, 1.82) is 0 Å². The Balaban J connectivity index is 1.51. The first-order valence-electron chi connectivity index (χ1n) is 9.86. The number of amides is 1. The molecule has 1 amide bonds. The molecule has 4 rings (SSSR count). The van der Waals surface area contributed by atoms with Gasteiger partial charge in [-0.3, -0.25) is 14.6 Å². The highest BCUT2D eigenvalue weighted by Crippen LogP contribution is 2.39. The molecule has 0 aliphatic carbocycles. The van der Waals surface area contributed by atoms with Gasteiger partial charge in [0.2, 0.25) is 5.78 Å². The molecule has 2 atom stereocenters. The predicted molar refractivity (Wildman–Crippen MR) is 103 cm³/mol. The van der Waals surface area contributed by atoms with Crippen LogP contribution in [0.4, 0.5) is 4.79 Å². The van der Waals surface area contributed by atoms with Gasteiger partial charge in [0.15, 0.2) is 6.61 Å². The van der Waals surface area contributed by atoms with Crippen LogP contribution >= 0.6 is 0 Å². The van der Waals surface area contributed by atoms with Crippen LogP contribution in [0.15, 0.2) is 12.1 Å². The van der Waals surface area contributed by atoms with E-state index < -0.39 is 5.60 Å². The minimum atomic E-state index is -0.491. The maximum Gasteiger partial charge on any atom is 0.410 e. The topological polar surface area (TPSA) is 68.3 Å². The van der Waals surface area contributed by atoms with Crippen molar-refractivity contribution in [3.05, 3.63) is 23.3 Å². The number of ether oxygens (including phenoxy) is 3. The Kier molecular flexibility index (Phi) is 4.73. The summed E-state index contributed by atoms with van der Waals surface area (Å²) in [5, 5.41) is 0. The summed E-state index contributed by atoms with van der Waals surface area (Å²) in [5.41, 5.74) is 1.05. The monoisotopic (exact) mass is 388 g/mol. The molecule has 0 N–H and O–H groups in total. The van der Waals surface area contributed by atoms with E-state index in [1.165, 1.54) is 0 Å². The molecule has 3 heterocycles. The van der Waals surface area contributed by atoms with E-state index in [4.69, 9.17) is 14.2 Å². The molecule has 152 valence electrons. The van der Waals surface area contributed by atoms with E-state index in [1.807, 2.05) is 31.7 Å². The van der Waals surface area contributed by atoms with E-state index in [0.29, 0.717) is 17.9 Å². The predicted octanol–water partition coefficient (Wildman–Crippen LogP) is 2.85. The molecule has 2 saturated heterocycles. The fraction of sp³-hybridized carbons (Fsp3) is 0.619. The molecule has 7 heteroatoms. The van der Waals surface area contributed by atoms with E-state index in [2.05, 4.69) is 4.90 Å². The lowest BCUT2D eigenvalue weighted by molar-refractivity contribution is -0.00560. The first kappa shape index (κ1) is 19.1. The summed E-state index contributed by atoms with van der Waals surface area (Å²) in [6.45, 7) is 7.96. The molecule has 2 unspecified atom stereocenters. The molecule has 28 heavy (non-hydrogen) atoms. The minimum Gasteiger partial charge on any atom is -0.496 e. The number of likely N-dealkylation sites (tertiary alicyclic amines) is 1. The largest absolute Gasteiger partial charge is 0.496 e. The number of benzene rings is 1. The molecule has 0 spiro atoms. The highest BCUT2D eigenvalue weighted by Gasteiger charge is 2.44. The molecular formula is C21H28N2O5. The van der Waals surface area contributed by atoms with Gasteiger partial charge in [0.1, 0.15) is 17.1 Å². The van der Waals surface area contributed by atoms with Crippen LogP contribution in [-0.2, 0) is 11.3 Å². The third-order valence-corrected chi connectivity index (χ3v) is 5.63. The number of Topliss-reactive ketones (excluding diaryl/α,β-unsaturated/α-hetero) is 1. The number of piperazine rings is 1. The van der Waals surface area contributed by atoms with Gasteiger partial charge >= 0.3 is 6.09 Å². The number of nitrogens with zero attached hydrogens (tertiary/aromatic N) is 2. The molecule has 0 radical (unpaired) electrons. The van der Waals surface area contributed by atoms with Gasteiger partial charge in [-0.1, -0.05) is 0 Å². The molecule has 2 bridgehead atoms. The molecule has 0 saturated carbocycles. The van der Waals surface area contributed by atoms with Crippen LogP contribution in [0.3, 0.4) is 0 Å². The Morgan fingerprint density at radius 2 is 1.89 bits per heavy atom. The Labute approximate surface area is 165 Å². The number of hydrogen-bond donors (Lipinski definition) is 0. The van der Waals surface area contributed by atoms with Crippen LogP contribution in [0.2, 0.25) is 0 Å². The standard InChI is InChI=1S/C21H28N2O5/c1-21(2,3)28-20(25)23-13-5-6-14(23)10-22(9-13)11-16-18(26-4)8-7-15-17(24)12-27-19(15)16/h7-8,13-14H,5-6,9-12H2,1-4H3. The van der Waals surface area contributed by atoms with Crippen molar-refractivity contribution < 1.29 is 23.8 Å².